The molecule has 6 heteroatoms. The average molecular weight is 301 g/mol. The third-order valence-electron chi connectivity index (χ3n) is 3.47. The summed E-state index contributed by atoms with van der Waals surface area (Å²) in [5, 5.41) is 9.99. The largest absolute Gasteiger partial charge is 0.366 e. The molecule has 0 fully saturated rings. The van der Waals surface area contributed by atoms with Crippen molar-refractivity contribution in [3.05, 3.63) is 46.5 Å². The number of anilines is 1. The highest BCUT2D eigenvalue weighted by Gasteiger charge is 2.16. The van der Waals surface area contributed by atoms with Gasteiger partial charge in [0.25, 0.3) is 0 Å². The van der Waals surface area contributed by atoms with Crippen LogP contribution in [0.5, 0.6) is 0 Å². The summed E-state index contributed by atoms with van der Waals surface area (Å²) in [6, 6.07) is 6.64. The molecule has 0 spiro atoms. The minimum Gasteiger partial charge on any atom is -0.366 e. The van der Waals surface area contributed by atoms with E-state index < -0.39 is 0 Å². The molecule has 1 unspecified atom stereocenters. The van der Waals surface area contributed by atoms with Crippen LogP contribution in [0.2, 0.25) is 0 Å². The summed E-state index contributed by atoms with van der Waals surface area (Å²) in [4.78, 5) is 8.02. The van der Waals surface area contributed by atoms with E-state index in [0.29, 0.717) is 6.04 Å². The SMILES string of the molecule is Cc1cc2c(NCC(c3cccs3)N(C)C)nccn2n1. The predicted molar refractivity (Wildman–Crippen MR) is 87.0 cm³/mol. The fourth-order valence-electron chi connectivity index (χ4n) is 2.39. The van der Waals surface area contributed by atoms with Crippen LogP contribution in [0.1, 0.15) is 16.6 Å². The summed E-state index contributed by atoms with van der Waals surface area (Å²) in [6.45, 7) is 2.80. The van der Waals surface area contributed by atoms with E-state index in [1.807, 2.05) is 23.7 Å². The van der Waals surface area contributed by atoms with E-state index in [4.69, 9.17) is 0 Å². The lowest BCUT2D eigenvalue weighted by molar-refractivity contribution is 0.316. The van der Waals surface area contributed by atoms with Crippen LogP contribution >= 0.6 is 11.3 Å². The summed E-state index contributed by atoms with van der Waals surface area (Å²) < 4.78 is 1.86. The zero-order valence-corrected chi connectivity index (χ0v) is 13.3. The van der Waals surface area contributed by atoms with Crippen LogP contribution < -0.4 is 5.32 Å². The molecule has 21 heavy (non-hydrogen) atoms. The minimum absolute atomic E-state index is 0.330. The molecule has 0 saturated carbocycles. The van der Waals surface area contributed by atoms with E-state index in [-0.39, 0.29) is 0 Å². The molecule has 1 N–H and O–H groups in total. The van der Waals surface area contributed by atoms with Crippen molar-refractivity contribution >= 4 is 22.7 Å². The van der Waals surface area contributed by atoms with Gasteiger partial charge in [-0.3, -0.25) is 0 Å². The smallest absolute Gasteiger partial charge is 0.152 e. The molecule has 0 amide bonds. The van der Waals surface area contributed by atoms with E-state index in [9.17, 15) is 0 Å². The number of thiophene rings is 1. The maximum Gasteiger partial charge on any atom is 0.152 e. The molecule has 0 aromatic carbocycles. The van der Waals surface area contributed by atoms with Gasteiger partial charge < -0.3 is 10.2 Å². The Balaban J connectivity index is 1.82. The van der Waals surface area contributed by atoms with Gasteiger partial charge in [0.05, 0.1) is 11.7 Å². The zero-order chi connectivity index (χ0) is 14.8. The van der Waals surface area contributed by atoms with E-state index in [1.165, 1.54) is 4.88 Å². The van der Waals surface area contributed by atoms with Crippen LogP contribution in [0.15, 0.2) is 36.0 Å². The van der Waals surface area contributed by atoms with Gasteiger partial charge in [0.15, 0.2) is 5.82 Å². The Morgan fingerprint density at radius 3 is 3.00 bits per heavy atom. The first kappa shape index (κ1) is 14.0. The van der Waals surface area contributed by atoms with Gasteiger partial charge in [-0.05, 0) is 38.5 Å². The lowest BCUT2D eigenvalue weighted by Gasteiger charge is -2.23. The monoisotopic (exact) mass is 301 g/mol. The van der Waals surface area contributed by atoms with Crippen LogP contribution in [0, 0.1) is 6.92 Å². The Labute approximate surface area is 128 Å². The number of fused-ring (bicyclic) bond motifs is 1. The normalized spacial score (nSPS) is 13.0. The molecule has 0 saturated heterocycles. The van der Waals surface area contributed by atoms with Crippen LogP contribution in [-0.4, -0.2) is 40.1 Å². The number of nitrogens with zero attached hydrogens (tertiary/aromatic N) is 4. The minimum atomic E-state index is 0.330. The second-order valence-electron chi connectivity index (χ2n) is 5.27. The van der Waals surface area contributed by atoms with Crippen LogP contribution in [0.25, 0.3) is 5.52 Å². The summed E-state index contributed by atoms with van der Waals surface area (Å²) in [5.41, 5.74) is 2.01. The van der Waals surface area contributed by atoms with Crippen molar-refractivity contribution in [2.75, 3.05) is 26.0 Å². The van der Waals surface area contributed by atoms with E-state index in [1.54, 1.807) is 17.5 Å². The second-order valence-corrected chi connectivity index (χ2v) is 6.25. The quantitative estimate of drug-likeness (QED) is 0.787. The van der Waals surface area contributed by atoms with Crippen molar-refractivity contribution in [1.29, 1.82) is 0 Å². The van der Waals surface area contributed by atoms with Crippen molar-refractivity contribution in [1.82, 2.24) is 19.5 Å². The molecule has 1 atom stereocenters. The molecule has 5 nitrogen and oxygen atoms in total. The molecule has 0 aliphatic heterocycles. The van der Waals surface area contributed by atoms with Crippen molar-refractivity contribution in [2.24, 2.45) is 0 Å². The van der Waals surface area contributed by atoms with Gasteiger partial charge in [-0.25, -0.2) is 9.50 Å². The fraction of sp³-hybridized carbons (Fsp3) is 0.333. The van der Waals surface area contributed by atoms with Gasteiger partial charge in [0.1, 0.15) is 5.52 Å². The van der Waals surface area contributed by atoms with Gasteiger partial charge in [0.2, 0.25) is 0 Å². The van der Waals surface area contributed by atoms with Gasteiger partial charge in [-0.2, -0.15) is 5.10 Å². The number of hydrogen-bond acceptors (Lipinski definition) is 5. The third-order valence-corrected chi connectivity index (χ3v) is 4.44. The van der Waals surface area contributed by atoms with Crippen molar-refractivity contribution in [3.8, 4) is 0 Å². The molecular weight excluding hydrogens is 282 g/mol. The van der Waals surface area contributed by atoms with Gasteiger partial charge in [-0.15, -0.1) is 11.3 Å². The van der Waals surface area contributed by atoms with Crippen molar-refractivity contribution in [2.45, 2.75) is 13.0 Å². The third kappa shape index (κ3) is 2.91. The summed E-state index contributed by atoms with van der Waals surface area (Å²) in [7, 11) is 4.20. The zero-order valence-electron chi connectivity index (χ0n) is 12.4. The van der Waals surface area contributed by atoms with Gasteiger partial charge in [0, 0.05) is 23.8 Å². The highest BCUT2D eigenvalue weighted by Crippen LogP contribution is 2.24. The maximum absolute atomic E-state index is 4.45. The van der Waals surface area contributed by atoms with Gasteiger partial charge >= 0.3 is 0 Å². The first-order valence-electron chi connectivity index (χ1n) is 6.90. The molecule has 0 aliphatic rings. The Bertz CT molecular complexity index is 717. The van der Waals surface area contributed by atoms with Crippen LogP contribution in [-0.2, 0) is 0 Å². The fourth-order valence-corrected chi connectivity index (χ4v) is 3.32. The Morgan fingerprint density at radius 2 is 2.29 bits per heavy atom. The number of likely N-dealkylation sites (N-methyl/N-ethyl adjacent to an activating group) is 1. The Hall–Kier alpha value is -1.92. The number of nitrogens with one attached hydrogen (secondary N) is 1. The molecule has 110 valence electrons. The maximum atomic E-state index is 4.45. The molecular formula is C15H19N5S. The highest BCUT2D eigenvalue weighted by molar-refractivity contribution is 7.10. The topological polar surface area (TPSA) is 45.5 Å². The summed E-state index contributed by atoms with van der Waals surface area (Å²) in [5.74, 6) is 0.876. The lowest BCUT2D eigenvalue weighted by atomic mass is 10.2. The van der Waals surface area contributed by atoms with Crippen LogP contribution in [0.4, 0.5) is 5.82 Å². The predicted octanol–water partition coefficient (Wildman–Crippen LogP) is 2.81. The number of aryl methyl sites for hydroxylation is 1. The second kappa shape index (κ2) is 5.83. The average Bonchev–Trinajstić information content (AvgIpc) is 3.07. The van der Waals surface area contributed by atoms with Gasteiger partial charge in [-0.1, -0.05) is 6.07 Å². The molecule has 3 aromatic rings. The Kier molecular flexibility index (Phi) is 3.90. The van der Waals surface area contributed by atoms with E-state index in [2.05, 4.69) is 51.9 Å². The molecule has 0 radical (unpaired) electrons. The van der Waals surface area contributed by atoms with Crippen LogP contribution in [0.3, 0.4) is 0 Å². The summed E-state index contributed by atoms with van der Waals surface area (Å²) >= 11 is 1.78. The highest BCUT2D eigenvalue weighted by atomic mass is 32.1. The lowest BCUT2D eigenvalue weighted by Crippen LogP contribution is -2.26. The Morgan fingerprint density at radius 1 is 1.43 bits per heavy atom. The molecule has 3 aromatic heterocycles. The van der Waals surface area contributed by atoms with E-state index >= 15 is 0 Å². The van der Waals surface area contributed by atoms with E-state index in [0.717, 1.165) is 23.6 Å². The molecule has 0 bridgehead atoms. The summed E-state index contributed by atoms with van der Waals surface area (Å²) in [6.07, 6.45) is 3.65. The molecule has 0 aliphatic carbocycles. The first-order chi connectivity index (χ1) is 10.1. The standard InChI is InChI=1S/C15H19N5S/c1-11-9-12-15(16-6-7-20(12)18-11)17-10-13(19(2)3)14-5-4-8-21-14/h4-9,13H,10H2,1-3H3,(H,16,17). The number of rotatable bonds is 5. The molecule has 3 heterocycles. The number of aromatic nitrogens is 3. The first-order valence-corrected chi connectivity index (χ1v) is 7.78. The van der Waals surface area contributed by atoms with Crippen molar-refractivity contribution in [3.63, 3.8) is 0 Å². The van der Waals surface area contributed by atoms with Crippen molar-refractivity contribution < 1.29 is 0 Å². The molecule has 3 rings (SSSR count). The number of hydrogen-bond donors (Lipinski definition) is 1.